The average Bonchev–Trinajstić information content (AvgIpc) is 3.19. The van der Waals surface area contributed by atoms with Crippen LogP contribution in [0.5, 0.6) is 5.75 Å². The smallest absolute Gasteiger partial charge is 0.405 e. The van der Waals surface area contributed by atoms with E-state index in [9.17, 15) is 18.0 Å². The zero-order valence-corrected chi connectivity index (χ0v) is 17.1. The Bertz CT molecular complexity index is 884. The predicted octanol–water partition coefficient (Wildman–Crippen LogP) is 4.56. The molecule has 1 heterocycles. The molecule has 30 heavy (non-hydrogen) atoms. The number of aryl methyl sites for hydroxylation is 1. The van der Waals surface area contributed by atoms with Gasteiger partial charge in [0.15, 0.2) is 5.17 Å². The molecule has 1 unspecified atom stereocenters. The summed E-state index contributed by atoms with van der Waals surface area (Å²) in [6, 6.07) is 14.3. The molecule has 0 spiro atoms. The minimum atomic E-state index is -4.26. The molecule has 0 fully saturated rings. The maximum absolute atomic E-state index is 12.2. The number of anilines is 1. The van der Waals surface area contributed by atoms with Crippen LogP contribution in [0.25, 0.3) is 0 Å². The predicted molar refractivity (Wildman–Crippen MR) is 113 cm³/mol. The van der Waals surface area contributed by atoms with Crippen molar-refractivity contribution in [3.8, 4) is 5.75 Å². The minimum Gasteiger partial charge on any atom is -0.497 e. The SMILES string of the molecule is COc1ccc(C2CSC(NC(=O)CCc3ccc(NCC(F)(F)F)cc3)=N2)cc1. The molecule has 5 nitrogen and oxygen atoms in total. The molecule has 0 aromatic heterocycles. The van der Waals surface area contributed by atoms with Crippen LogP contribution in [0, 0.1) is 0 Å². The Morgan fingerprint density at radius 3 is 2.50 bits per heavy atom. The van der Waals surface area contributed by atoms with E-state index < -0.39 is 12.7 Å². The van der Waals surface area contributed by atoms with Gasteiger partial charge in [0.05, 0.1) is 13.2 Å². The summed E-state index contributed by atoms with van der Waals surface area (Å²) in [4.78, 5) is 16.8. The van der Waals surface area contributed by atoms with Crippen LogP contribution in [-0.2, 0) is 11.2 Å². The number of nitrogens with zero attached hydrogens (tertiary/aromatic N) is 1. The van der Waals surface area contributed by atoms with Crippen LogP contribution in [0.3, 0.4) is 0 Å². The molecule has 1 atom stereocenters. The molecular formula is C21H22F3N3O2S. The number of rotatable bonds is 7. The van der Waals surface area contributed by atoms with Crippen LogP contribution < -0.4 is 15.4 Å². The Morgan fingerprint density at radius 2 is 1.87 bits per heavy atom. The molecule has 3 rings (SSSR count). The second-order valence-electron chi connectivity index (χ2n) is 6.75. The summed E-state index contributed by atoms with van der Waals surface area (Å²) in [6.07, 6.45) is -3.50. The van der Waals surface area contributed by atoms with Gasteiger partial charge < -0.3 is 15.4 Å². The van der Waals surface area contributed by atoms with Gasteiger partial charge in [-0.3, -0.25) is 9.79 Å². The lowest BCUT2D eigenvalue weighted by Crippen LogP contribution is -2.27. The topological polar surface area (TPSA) is 62.7 Å². The highest BCUT2D eigenvalue weighted by atomic mass is 32.2. The van der Waals surface area contributed by atoms with E-state index in [0.29, 0.717) is 17.3 Å². The van der Waals surface area contributed by atoms with Gasteiger partial charge in [-0.1, -0.05) is 36.0 Å². The van der Waals surface area contributed by atoms with Gasteiger partial charge in [0.2, 0.25) is 5.91 Å². The Kier molecular flexibility index (Phi) is 7.25. The van der Waals surface area contributed by atoms with Gasteiger partial charge in [-0.2, -0.15) is 13.2 Å². The largest absolute Gasteiger partial charge is 0.497 e. The molecular weight excluding hydrogens is 415 g/mol. The van der Waals surface area contributed by atoms with E-state index in [1.54, 1.807) is 31.4 Å². The van der Waals surface area contributed by atoms with Gasteiger partial charge in [-0.05, 0) is 41.8 Å². The Morgan fingerprint density at radius 1 is 1.17 bits per heavy atom. The number of halogens is 3. The summed E-state index contributed by atoms with van der Waals surface area (Å²) >= 11 is 1.50. The van der Waals surface area contributed by atoms with E-state index in [2.05, 4.69) is 15.6 Å². The number of alkyl halides is 3. The highest BCUT2D eigenvalue weighted by Crippen LogP contribution is 2.30. The fourth-order valence-corrected chi connectivity index (χ4v) is 3.84. The van der Waals surface area contributed by atoms with Crippen molar-refractivity contribution in [2.24, 2.45) is 4.99 Å². The van der Waals surface area contributed by atoms with Crippen molar-refractivity contribution in [2.45, 2.75) is 25.1 Å². The quantitative estimate of drug-likeness (QED) is 0.667. The number of thioether (sulfide) groups is 1. The molecule has 0 radical (unpaired) electrons. The maximum atomic E-state index is 12.2. The summed E-state index contributed by atoms with van der Waals surface area (Å²) < 4.78 is 41.8. The second kappa shape index (κ2) is 9.88. The van der Waals surface area contributed by atoms with Crippen molar-refractivity contribution in [3.63, 3.8) is 0 Å². The molecule has 160 valence electrons. The number of aliphatic imine (C=N–C) groups is 1. The molecule has 0 aliphatic carbocycles. The van der Waals surface area contributed by atoms with E-state index in [-0.39, 0.29) is 18.4 Å². The number of carbonyl (C=O) groups excluding carboxylic acids is 1. The van der Waals surface area contributed by atoms with Crippen LogP contribution in [0.4, 0.5) is 18.9 Å². The summed E-state index contributed by atoms with van der Waals surface area (Å²) in [5.74, 6) is 1.40. The fourth-order valence-electron chi connectivity index (χ4n) is 2.87. The monoisotopic (exact) mass is 437 g/mol. The van der Waals surface area contributed by atoms with E-state index in [0.717, 1.165) is 22.6 Å². The summed E-state index contributed by atoms with van der Waals surface area (Å²) in [5, 5.41) is 5.76. The number of nitrogens with one attached hydrogen (secondary N) is 2. The highest BCUT2D eigenvalue weighted by Gasteiger charge is 2.26. The van der Waals surface area contributed by atoms with E-state index in [1.165, 1.54) is 11.8 Å². The number of hydrogen-bond acceptors (Lipinski definition) is 5. The summed E-state index contributed by atoms with van der Waals surface area (Å²) in [6.45, 7) is -1.08. The standard InChI is InChI=1S/C21H22F3N3O2S/c1-29-17-9-5-15(6-10-17)18-12-30-20(26-18)27-19(28)11-4-14-2-7-16(8-3-14)25-13-21(22,23)24/h2-3,5-10,18,25H,4,11-13H2,1H3,(H,26,27,28). The lowest BCUT2D eigenvalue weighted by Gasteiger charge is -2.10. The molecule has 0 saturated heterocycles. The lowest BCUT2D eigenvalue weighted by atomic mass is 10.1. The number of hydrogen-bond donors (Lipinski definition) is 2. The summed E-state index contributed by atoms with van der Waals surface area (Å²) in [5.41, 5.74) is 2.33. The van der Waals surface area contributed by atoms with Crippen LogP contribution in [0.1, 0.15) is 23.6 Å². The van der Waals surface area contributed by atoms with Crippen molar-refractivity contribution >= 4 is 28.5 Å². The Labute approximate surface area is 177 Å². The molecule has 1 aliphatic heterocycles. The third-order valence-electron chi connectivity index (χ3n) is 4.49. The van der Waals surface area contributed by atoms with Gasteiger partial charge in [0, 0.05) is 17.9 Å². The molecule has 0 saturated carbocycles. The minimum absolute atomic E-state index is 0.00653. The number of benzene rings is 2. The number of methoxy groups -OCH3 is 1. The van der Waals surface area contributed by atoms with Crippen molar-refractivity contribution in [3.05, 3.63) is 59.7 Å². The number of ether oxygens (including phenoxy) is 1. The van der Waals surface area contributed by atoms with Gasteiger partial charge in [0.25, 0.3) is 0 Å². The third kappa shape index (κ3) is 6.69. The zero-order valence-electron chi connectivity index (χ0n) is 16.3. The molecule has 1 aliphatic rings. The first kappa shape index (κ1) is 22.0. The second-order valence-corrected chi connectivity index (χ2v) is 7.76. The van der Waals surface area contributed by atoms with E-state index >= 15 is 0 Å². The van der Waals surface area contributed by atoms with Gasteiger partial charge in [-0.15, -0.1) is 0 Å². The van der Waals surface area contributed by atoms with Crippen LogP contribution in [-0.4, -0.2) is 36.7 Å². The summed E-state index contributed by atoms with van der Waals surface area (Å²) in [7, 11) is 1.62. The van der Waals surface area contributed by atoms with Gasteiger partial charge in [0.1, 0.15) is 12.3 Å². The number of amides is 1. The van der Waals surface area contributed by atoms with Crippen molar-refractivity contribution in [1.82, 2.24) is 5.32 Å². The first-order valence-corrected chi connectivity index (χ1v) is 10.3. The molecule has 2 N–H and O–H groups in total. The van der Waals surface area contributed by atoms with Crippen LogP contribution >= 0.6 is 11.8 Å². The van der Waals surface area contributed by atoms with E-state index in [4.69, 9.17) is 4.74 Å². The lowest BCUT2D eigenvalue weighted by molar-refractivity contribution is -0.119. The molecule has 0 bridgehead atoms. The normalized spacial score (nSPS) is 16.1. The molecule has 9 heteroatoms. The molecule has 2 aromatic rings. The van der Waals surface area contributed by atoms with Crippen molar-refractivity contribution < 1.29 is 22.7 Å². The fraction of sp³-hybridized carbons (Fsp3) is 0.333. The van der Waals surface area contributed by atoms with Crippen molar-refractivity contribution in [2.75, 3.05) is 24.7 Å². The maximum Gasteiger partial charge on any atom is 0.405 e. The Hall–Kier alpha value is -2.68. The first-order chi connectivity index (χ1) is 14.3. The zero-order chi connectivity index (χ0) is 21.6. The molecule has 1 amide bonds. The van der Waals surface area contributed by atoms with E-state index in [1.807, 2.05) is 24.3 Å². The van der Waals surface area contributed by atoms with Gasteiger partial charge >= 0.3 is 6.18 Å². The number of carbonyl (C=O) groups is 1. The van der Waals surface area contributed by atoms with Crippen molar-refractivity contribution in [1.29, 1.82) is 0 Å². The third-order valence-corrected chi connectivity index (χ3v) is 5.45. The highest BCUT2D eigenvalue weighted by molar-refractivity contribution is 8.14. The first-order valence-electron chi connectivity index (χ1n) is 9.36. The van der Waals surface area contributed by atoms with Crippen LogP contribution in [0.15, 0.2) is 53.5 Å². The van der Waals surface area contributed by atoms with Gasteiger partial charge in [-0.25, -0.2) is 0 Å². The van der Waals surface area contributed by atoms with Crippen LogP contribution in [0.2, 0.25) is 0 Å². The average molecular weight is 437 g/mol. The molecule has 2 aromatic carbocycles. The number of amidine groups is 1. The Balaban J connectivity index is 1.45.